The molecule has 6 nitrogen and oxygen atoms in total. The van der Waals surface area contributed by atoms with Crippen molar-refractivity contribution in [1.29, 1.82) is 0 Å². The molecule has 5 rings (SSSR count). The molecule has 1 saturated heterocycles. The van der Waals surface area contributed by atoms with Gasteiger partial charge < -0.3 is 10.3 Å². The maximum atomic E-state index is 6.42. The van der Waals surface area contributed by atoms with Crippen LogP contribution in [0, 0.1) is 11.8 Å². The largest absolute Gasteiger partial charge is 0.383 e. The number of hydrogen-bond acceptors (Lipinski definition) is 6. The molecule has 8 heteroatoms. The lowest BCUT2D eigenvalue weighted by Crippen LogP contribution is -2.35. The van der Waals surface area contributed by atoms with Crippen molar-refractivity contribution in [3.63, 3.8) is 0 Å². The fraction of sp³-hybridized carbons (Fsp3) is 0.414. The lowest BCUT2D eigenvalue weighted by molar-refractivity contribution is 0.158. The predicted molar refractivity (Wildman–Crippen MR) is 156 cm³/mol. The molecule has 2 atom stereocenters. The van der Waals surface area contributed by atoms with Gasteiger partial charge in [0.15, 0.2) is 0 Å². The van der Waals surface area contributed by atoms with Gasteiger partial charge in [0, 0.05) is 36.1 Å². The fourth-order valence-electron chi connectivity index (χ4n) is 6.12. The van der Waals surface area contributed by atoms with Crippen molar-refractivity contribution in [2.24, 2.45) is 11.8 Å². The second-order valence-electron chi connectivity index (χ2n) is 10.2. The van der Waals surface area contributed by atoms with Crippen LogP contribution in [0.3, 0.4) is 0 Å². The first-order chi connectivity index (χ1) is 18.0. The molecule has 0 radical (unpaired) electrons. The summed E-state index contributed by atoms with van der Waals surface area (Å²) < 4.78 is 2.30. The molecule has 0 aromatic carbocycles. The van der Waals surface area contributed by atoms with Gasteiger partial charge in [0.25, 0.3) is 0 Å². The minimum Gasteiger partial charge on any atom is -0.383 e. The molecular weight excluding hydrogens is 500 g/mol. The number of hydrogen-bond donors (Lipinski definition) is 1. The molecule has 1 aliphatic carbocycles. The summed E-state index contributed by atoms with van der Waals surface area (Å²) in [5.41, 5.74) is 10.3. The van der Waals surface area contributed by atoms with E-state index in [1.165, 1.54) is 32.4 Å². The topological polar surface area (TPSA) is 72.9 Å². The molecule has 4 heterocycles. The predicted octanol–water partition coefficient (Wildman–Crippen LogP) is 6.87. The van der Waals surface area contributed by atoms with Gasteiger partial charge in [0.1, 0.15) is 16.5 Å². The Balaban J connectivity index is 1.42. The first kappa shape index (κ1) is 25.9. The first-order valence-corrected chi connectivity index (χ1v) is 14.3. The molecule has 3 aromatic rings. The monoisotopic (exact) mass is 534 g/mol. The number of thiazole rings is 1. The van der Waals surface area contributed by atoms with E-state index >= 15 is 0 Å². The summed E-state index contributed by atoms with van der Waals surface area (Å²) in [6.07, 6.45) is 16.6. The lowest BCUT2D eigenvalue weighted by Gasteiger charge is -2.34. The maximum absolute atomic E-state index is 6.42. The number of piperidine rings is 1. The van der Waals surface area contributed by atoms with Crippen molar-refractivity contribution in [3.8, 4) is 10.6 Å². The molecular formula is C29H35ClN6S. The molecule has 0 spiro atoms. The third-order valence-electron chi connectivity index (χ3n) is 7.96. The van der Waals surface area contributed by atoms with Gasteiger partial charge in [-0.25, -0.2) is 9.97 Å². The first-order valence-electron chi connectivity index (χ1n) is 13.1. The minimum absolute atomic E-state index is 0.185. The molecule has 1 saturated carbocycles. The lowest BCUT2D eigenvalue weighted by atomic mass is 9.83. The quantitative estimate of drug-likeness (QED) is 0.184. The Morgan fingerprint density at radius 1 is 1.11 bits per heavy atom. The van der Waals surface area contributed by atoms with Crippen LogP contribution in [0.2, 0.25) is 5.28 Å². The second kappa shape index (κ2) is 11.3. The molecule has 194 valence electrons. The van der Waals surface area contributed by atoms with Gasteiger partial charge in [-0.3, -0.25) is 4.90 Å². The van der Waals surface area contributed by atoms with E-state index in [-0.39, 0.29) is 5.28 Å². The summed E-state index contributed by atoms with van der Waals surface area (Å²) in [5, 5.41) is 4.04. The molecule has 0 bridgehead atoms. The zero-order valence-corrected chi connectivity index (χ0v) is 22.9. The van der Waals surface area contributed by atoms with Crippen LogP contribution in [0.1, 0.15) is 43.8 Å². The van der Waals surface area contributed by atoms with Crippen LogP contribution in [0.15, 0.2) is 61.2 Å². The van der Waals surface area contributed by atoms with E-state index < -0.39 is 0 Å². The number of rotatable bonds is 9. The molecule has 37 heavy (non-hydrogen) atoms. The zero-order chi connectivity index (χ0) is 25.9. The van der Waals surface area contributed by atoms with Crippen LogP contribution in [0.4, 0.5) is 5.82 Å². The molecule has 2 aliphatic rings. The van der Waals surface area contributed by atoms with Crippen LogP contribution in [0.5, 0.6) is 0 Å². The van der Waals surface area contributed by atoms with Gasteiger partial charge >= 0.3 is 0 Å². The van der Waals surface area contributed by atoms with E-state index in [9.17, 15) is 0 Å². The van der Waals surface area contributed by atoms with Crippen molar-refractivity contribution in [2.75, 3.05) is 25.4 Å². The highest BCUT2D eigenvalue weighted by molar-refractivity contribution is 7.13. The number of likely N-dealkylation sites (tertiary alicyclic amines) is 1. The van der Waals surface area contributed by atoms with Gasteiger partial charge in [-0.15, -0.1) is 17.9 Å². The maximum Gasteiger partial charge on any atom is 0.226 e. The molecule has 2 fully saturated rings. The van der Waals surface area contributed by atoms with Gasteiger partial charge in [0.05, 0.1) is 11.1 Å². The van der Waals surface area contributed by atoms with Gasteiger partial charge in [-0.1, -0.05) is 37.5 Å². The van der Waals surface area contributed by atoms with E-state index in [0.717, 1.165) is 64.1 Å². The Morgan fingerprint density at radius 2 is 1.92 bits per heavy atom. The van der Waals surface area contributed by atoms with E-state index in [1.807, 2.05) is 18.2 Å². The molecule has 2 unspecified atom stereocenters. The van der Waals surface area contributed by atoms with Crippen molar-refractivity contribution < 1.29 is 0 Å². The average molecular weight is 535 g/mol. The molecule has 3 aromatic heterocycles. The standard InChI is InChI=1S/C29H35ClN6S/c1-4-7-19(6-3)15-22-18-37-28(32-22)24-17-36(27-25(24)26(31)33-29(30)34-27)23-9-8-21(16-23)20-10-13-35(12-5-2)14-11-20/h4-7,17-18,20-21,23H,1-3,8-16H2,(H2,31,33,34)/b19-7+. The molecule has 2 N–H and O–H groups in total. The number of nitrogen functional groups attached to an aromatic ring is 1. The number of nitrogens with two attached hydrogens (primary N) is 1. The van der Waals surface area contributed by atoms with Crippen LogP contribution < -0.4 is 5.73 Å². The van der Waals surface area contributed by atoms with Crippen molar-refractivity contribution in [1.82, 2.24) is 24.4 Å². The summed E-state index contributed by atoms with van der Waals surface area (Å²) in [6, 6.07) is 0.375. The normalized spacial score (nSPS) is 21.5. The number of nitrogens with zero attached hydrogens (tertiary/aromatic N) is 5. The number of aromatic nitrogens is 4. The summed E-state index contributed by atoms with van der Waals surface area (Å²) in [5.74, 6) is 1.94. The third-order valence-corrected chi connectivity index (χ3v) is 9.05. The van der Waals surface area contributed by atoms with Crippen LogP contribution in [0.25, 0.3) is 21.6 Å². The Morgan fingerprint density at radius 3 is 2.65 bits per heavy atom. The van der Waals surface area contributed by atoms with Crippen LogP contribution in [-0.4, -0.2) is 44.1 Å². The van der Waals surface area contributed by atoms with Gasteiger partial charge in [-0.05, 0) is 74.2 Å². The summed E-state index contributed by atoms with van der Waals surface area (Å²) >= 11 is 7.91. The molecule has 0 amide bonds. The average Bonchev–Trinajstić information content (AvgIpc) is 3.63. The van der Waals surface area contributed by atoms with Crippen molar-refractivity contribution in [3.05, 3.63) is 72.2 Å². The van der Waals surface area contributed by atoms with E-state index in [1.54, 1.807) is 17.4 Å². The van der Waals surface area contributed by atoms with Crippen molar-refractivity contribution >= 4 is 39.8 Å². The summed E-state index contributed by atoms with van der Waals surface area (Å²) in [4.78, 5) is 16.4. The number of halogens is 1. The highest BCUT2D eigenvalue weighted by Gasteiger charge is 2.35. The zero-order valence-electron chi connectivity index (χ0n) is 21.3. The Hall–Kier alpha value is -2.74. The van der Waals surface area contributed by atoms with Crippen molar-refractivity contribution in [2.45, 2.75) is 44.6 Å². The van der Waals surface area contributed by atoms with Crippen LogP contribution >= 0.6 is 22.9 Å². The Bertz CT molecular complexity index is 1330. The van der Waals surface area contributed by atoms with E-state index in [2.05, 4.69) is 50.7 Å². The number of allylic oxidation sites excluding steroid dienone is 4. The van der Waals surface area contributed by atoms with Gasteiger partial charge in [-0.2, -0.15) is 4.98 Å². The second-order valence-corrected chi connectivity index (χ2v) is 11.4. The summed E-state index contributed by atoms with van der Waals surface area (Å²) in [7, 11) is 0. The van der Waals surface area contributed by atoms with E-state index in [0.29, 0.717) is 18.3 Å². The highest BCUT2D eigenvalue weighted by Crippen LogP contribution is 2.45. The SMILES string of the molecule is C=C/C=C(\C=C)Cc1csc(-c2cn(C3CCC(C4CCN(CC=C)CC4)C3)c3nc(Cl)nc(N)c23)n1. The number of fused-ring (bicyclic) bond motifs is 1. The highest BCUT2D eigenvalue weighted by atomic mass is 35.5. The fourth-order valence-corrected chi connectivity index (χ4v) is 7.13. The summed E-state index contributed by atoms with van der Waals surface area (Å²) in [6.45, 7) is 14.9. The van der Waals surface area contributed by atoms with Gasteiger partial charge in [0.2, 0.25) is 5.28 Å². The smallest absolute Gasteiger partial charge is 0.226 e. The van der Waals surface area contributed by atoms with Crippen LogP contribution in [-0.2, 0) is 6.42 Å². The number of anilines is 1. The Labute approximate surface area is 228 Å². The Kier molecular flexibility index (Phi) is 7.93. The third kappa shape index (κ3) is 5.44. The molecule has 1 aliphatic heterocycles. The minimum atomic E-state index is 0.185. The van der Waals surface area contributed by atoms with E-state index in [4.69, 9.17) is 22.3 Å².